The SMILES string of the molecule is CCC(CC)N(CCO)c1ccc(C(=N)N)cn1. The Morgan fingerprint density at radius 1 is 1.44 bits per heavy atom. The average Bonchev–Trinajstić information content (AvgIpc) is 2.39. The maximum atomic E-state index is 9.16. The van der Waals surface area contributed by atoms with Crippen molar-refractivity contribution < 1.29 is 5.11 Å². The van der Waals surface area contributed by atoms with Crippen LogP contribution in [0.2, 0.25) is 0 Å². The number of nitrogen functional groups attached to an aromatic ring is 1. The van der Waals surface area contributed by atoms with E-state index in [0.29, 0.717) is 18.2 Å². The molecule has 1 heterocycles. The van der Waals surface area contributed by atoms with Crippen molar-refractivity contribution in [2.45, 2.75) is 32.7 Å². The van der Waals surface area contributed by atoms with Gasteiger partial charge in [0.1, 0.15) is 11.7 Å². The fourth-order valence-corrected chi connectivity index (χ4v) is 2.04. The molecule has 0 radical (unpaired) electrons. The summed E-state index contributed by atoms with van der Waals surface area (Å²) in [5.74, 6) is 0.841. The molecule has 0 fully saturated rings. The molecule has 0 atom stereocenters. The van der Waals surface area contributed by atoms with Crippen molar-refractivity contribution >= 4 is 11.7 Å². The number of nitrogens with zero attached hydrogens (tertiary/aromatic N) is 2. The molecule has 1 aromatic rings. The molecule has 18 heavy (non-hydrogen) atoms. The van der Waals surface area contributed by atoms with Crippen molar-refractivity contribution in [3.8, 4) is 0 Å². The molecule has 0 bridgehead atoms. The first kappa shape index (κ1) is 14.4. The maximum Gasteiger partial charge on any atom is 0.128 e. The molecule has 0 aliphatic rings. The quantitative estimate of drug-likeness (QED) is 0.503. The highest BCUT2D eigenvalue weighted by Crippen LogP contribution is 2.18. The first-order valence-electron chi connectivity index (χ1n) is 6.31. The molecular weight excluding hydrogens is 228 g/mol. The van der Waals surface area contributed by atoms with Gasteiger partial charge < -0.3 is 15.7 Å². The molecule has 1 aromatic heterocycles. The van der Waals surface area contributed by atoms with E-state index in [0.717, 1.165) is 18.7 Å². The lowest BCUT2D eigenvalue weighted by Crippen LogP contribution is -2.37. The molecule has 0 saturated carbocycles. The van der Waals surface area contributed by atoms with Gasteiger partial charge in [0, 0.05) is 24.3 Å². The van der Waals surface area contributed by atoms with Gasteiger partial charge in [-0.05, 0) is 25.0 Å². The molecule has 0 unspecified atom stereocenters. The van der Waals surface area contributed by atoms with Crippen LogP contribution in [0.3, 0.4) is 0 Å². The van der Waals surface area contributed by atoms with E-state index in [1.54, 1.807) is 12.3 Å². The van der Waals surface area contributed by atoms with Crippen molar-refractivity contribution in [1.29, 1.82) is 5.41 Å². The Balaban J connectivity index is 2.94. The zero-order valence-electron chi connectivity index (χ0n) is 11.1. The predicted octanol–water partition coefficient (Wildman–Crippen LogP) is 1.35. The first-order valence-corrected chi connectivity index (χ1v) is 6.31. The molecule has 0 spiro atoms. The standard InChI is InChI=1S/C13H22N4O/c1-3-11(4-2)17(7-8-18)12-6-5-10(9-16-12)13(14)15/h5-6,9,11,18H,3-4,7-8H2,1-2H3,(H3,14,15). The van der Waals surface area contributed by atoms with Gasteiger partial charge in [0.25, 0.3) is 0 Å². The van der Waals surface area contributed by atoms with Crippen molar-refractivity contribution in [3.63, 3.8) is 0 Å². The van der Waals surface area contributed by atoms with Crippen LogP contribution in [0.5, 0.6) is 0 Å². The van der Waals surface area contributed by atoms with Crippen LogP contribution >= 0.6 is 0 Å². The minimum Gasteiger partial charge on any atom is -0.395 e. The van der Waals surface area contributed by atoms with E-state index >= 15 is 0 Å². The number of hydrogen-bond acceptors (Lipinski definition) is 4. The second-order valence-electron chi connectivity index (χ2n) is 4.21. The zero-order valence-corrected chi connectivity index (χ0v) is 11.1. The second-order valence-corrected chi connectivity index (χ2v) is 4.21. The summed E-state index contributed by atoms with van der Waals surface area (Å²) in [6.45, 7) is 4.93. The minimum absolute atomic E-state index is 0.0188. The third kappa shape index (κ3) is 3.43. The molecule has 0 aromatic carbocycles. The first-order chi connectivity index (χ1) is 8.63. The number of pyridine rings is 1. The van der Waals surface area contributed by atoms with Gasteiger partial charge in [-0.1, -0.05) is 13.8 Å². The van der Waals surface area contributed by atoms with E-state index < -0.39 is 0 Å². The summed E-state index contributed by atoms with van der Waals surface area (Å²) in [6.07, 6.45) is 3.61. The van der Waals surface area contributed by atoms with E-state index in [1.165, 1.54) is 0 Å². The van der Waals surface area contributed by atoms with E-state index in [2.05, 4.69) is 23.7 Å². The van der Waals surface area contributed by atoms with Gasteiger partial charge in [-0.2, -0.15) is 0 Å². The molecule has 5 heteroatoms. The Morgan fingerprint density at radius 2 is 2.11 bits per heavy atom. The largest absolute Gasteiger partial charge is 0.395 e. The Bertz CT molecular complexity index is 373. The molecular formula is C13H22N4O. The summed E-state index contributed by atoms with van der Waals surface area (Å²) >= 11 is 0. The lowest BCUT2D eigenvalue weighted by Gasteiger charge is -2.31. The second kappa shape index (κ2) is 6.96. The summed E-state index contributed by atoms with van der Waals surface area (Å²) < 4.78 is 0. The van der Waals surface area contributed by atoms with E-state index in [1.807, 2.05) is 6.07 Å². The van der Waals surface area contributed by atoms with Gasteiger partial charge >= 0.3 is 0 Å². The lowest BCUT2D eigenvalue weighted by molar-refractivity contribution is 0.295. The fourth-order valence-electron chi connectivity index (χ4n) is 2.04. The van der Waals surface area contributed by atoms with Crippen LogP contribution in [0.4, 0.5) is 5.82 Å². The van der Waals surface area contributed by atoms with E-state index in [4.69, 9.17) is 16.2 Å². The summed E-state index contributed by atoms with van der Waals surface area (Å²) in [7, 11) is 0. The number of amidine groups is 1. The summed E-state index contributed by atoms with van der Waals surface area (Å²) in [5, 5.41) is 16.5. The highest BCUT2D eigenvalue weighted by atomic mass is 16.3. The van der Waals surface area contributed by atoms with Gasteiger partial charge in [0.15, 0.2) is 0 Å². The zero-order chi connectivity index (χ0) is 13.5. The lowest BCUT2D eigenvalue weighted by atomic mass is 10.1. The highest BCUT2D eigenvalue weighted by Gasteiger charge is 2.16. The molecule has 0 saturated heterocycles. The van der Waals surface area contributed by atoms with Crippen LogP contribution in [-0.4, -0.2) is 35.1 Å². The molecule has 1 rings (SSSR count). The molecule has 0 aliphatic heterocycles. The van der Waals surface area contributed by atoms with E-state index in [-0.39, 0.29) is 12.4 Å². The molecule has 0 aliphatic carbocycles. The van der Waals surface area contributed by atoms with Crippen molar-refractivity contribution in [1.82, 2.24) is 4.98 Å². The number of aromatic nitrogens is 1. The third-order valence-corrected chi connectivity index (χ3v) is 3.08. The van der Waals surface area contributed by atoms with Gasteiger partial charge in [0.2, 0.25) is 0 Å². The Kier molecular flexibility index (Phi) is 5.58. The van der Waals surface area contributed by atoms with Crippen LogP contribution in [0, 0.1) is 5.41 Å². The number of rotatable bonds is 7. The van der Waals surface area contributed by atoms with Crippen molar-refractivity contribution in [2.24, 2.45) is 5.73 Å². The predicted molar refractivity (Wildman–Crippen MR) is 74.1 cm³/mol. The van der Waals surface area contributed by atoms with E-state index in [9.17, 15) is 0 Å². The van der Waals surface area contributed by atoms with Gasteiger partial charge in [-0.25, -0.2) is 4.98 Å². The van der Waals surface area contributed by atoms with Crippen LogP contribution in [0.25, 0.3) is 0 Å². The average molecular weight is 250 g/mol. The Labute approximate surface area is 108 Å². The maximum absolute atomic E-state index is 9.16. The molecule has 5 nitrogen and oxygen atoms in total. The van der Waals surface area contributed by atoms with Gasteiger partial charge in [-0.15, -0.1) is 0 Å². The van der Waals surface area contributed by atoms with Crippen LogP contribution < -0.4 is 10.6 Å². The van der Waals surface area contributed by atoms with Crippen molar-refractivity contribution in [3.05, 3.63) is 23.9 Å². The normalized spacial score (nSPS) is 10.7. The third-order valence-electron chi connectivity index (χ3n) is 3.08. The Hall–Kier alpha value is -1.62. The monoisotopic (exact) mass is 250 g/mol. The summed E-state index contributed by atoms with van der Waals surface area (Å²) in [6, 6.07) is 4.01. The number of hydrogen-bond donors (Lipinski definition) is 3. The minimum atomic E-state index is 0.0188. The fraction of sp³-hybridized carbons (Fsp3) is 0.538. The summed E-state index contributed by atoms with van der Waals surface area (Å²) in [5.41, 5.74) is 6.02. The van der Waals surface area contributed by atoms with Crippen LogP contribution in [0.1, 0.15) is 32.3 Å². The smallest absolute Gasteiger partial charge is 0.128 e. The number of aliphatic hydroxyl groups excluding tert-OH is 1. The molecule has 4 N–H and O–H groups in total. The number of nitrogens with one attached hydrogen (secondary N) is 1. The van der Waals surface area contributed by atoms with Crippen LogP contribution in [-0.2, 0) is 0 Å². The van der Waals surface area contributed by atoms with Crippen molar-refractivity contribution in [2.75, 3.05) is 18.1 Å². The van der Waals surface area contributed by atoms with Crippen LogP contribution in [0.15, 0.2) is 18.3 Å². The summed E-state index contributed by atoms with van der Waals surface area (Å²) in [4.78, 5) is 6.43. The topological polar surface area (TPSA) is 86.2 Å². The highest BCUT2D eigenvalue weighted by molar-refractivity contribution is 5.94. The number of anilines is 1. The Morgan fingerprint density at radius 3 is 2.50 bits per heavy atom. The molecule has 0 amide bonds. The van der Waals surface area contributed by atoms with Gasteiger partial charge in [-0.3, -0.25) is 5.41 Å². The van der Waals surface area contributed by atoms with Gasteiger partial charge in [0.05, 0.1) is 6.61 Å². The number of nitrogens with two attached hydrogens (primary N) is 1. The number of aliphatic hydroxyl groups is 1. The molecule has 100 valence electrons.